The third-order valence-electron chi connectivity index (χ3n) is 3.02. The number of amides is 1. The second kappa shape index (κ2) is 3.59. The third kappa shape index (κ3) is 1.89. The Morgan fingerprint density at radius 3 is 2.64 bits per heavy atom. The maximum Gasteiger partial charge on any atom is 0.308 e. The van der Waals surface area contributed by atoms with E-state index in [9.17, 15) is 9.59 Å². The van der Waals surface area contributed by atoms with Gasteiger partial charge in [-0.3, -0.25) is 9.59 Å². The van der Waals surface area contributed by atoms with Gasteiger partial charge in [-0.25, -0.2) is 0 Å². The fraction of sp³-hybridized carbons (Fsp3) is 0.800. The average Bonchev–Trinajstić information content (AvgIpc) is 2.90. The summed E-state index contributed by atoms with van der Waals surface area (Å²) in [5, 5.41) is 8.93. The van der Waals surface area contributed by atoms with Crippen LogP contribution in [0.25, 0.3) is 0 Å². The Balaban J connectivity index is 2.05. The molecule has 0 spiro atoms. The molecule has 1 atom stereocenters. The van der Waals surface area contributed by atoms with Crippen LogP contribution in [0.1, 0.15) is 32.1 Å². The predicted molar refractivity (Wildman–Crippen MR) is 49.7 cm³/mol. The molecule has 1 heterocycles. The van der Waals surface area contributed by atoms with E-state index in [1.807, 2.05) is 0 Å². The summed E-state index contributed by atoms with van der Waals surface area (Å²) in [6, 6.07) is 0.349. The molecule has 1 aliphatic carbocycles. The molecule has 1 saturated carbocycles. The molecule has 4 nitrogen and oxygen atoms in total. The maximum atomic E-state index is 11.6. The summed E-state index contributed by atoms with van der Waals surface area (Å²) in [7, 11) is 0. The zero-order valence-corrected chi connectivity index (χ0v) is 8.11. The number of rotatable bonds is 2. The van der Waals surface area contributed by atoms with E-state index in [2.05, 4.69) is 0 Å². The number of likely N-dealkylation sites (tertiary alicyclic amines) is 1. The van der Waals surface area contributed by atoms with Crippen molar-refractivity contribution in [3.8, 4) is 0 Å². The van der Waals surface area contributed by atoms with Crippen molar-refractivity contribution >= 4 is 11.9 Å². The van der Waals surface area contributed by atoms with Crippen molar-refractivity contribution in [1.82, 2.24) is 4.90 Å². The van der Waals surface area contributed by atoms with Gasteiger partial charge in [-0.15, -0.1) is 0 Å². The van der Waals surface area contributed by atoms with Crippen molar-refractivity contribution < 1.29 is 14.7 Å². The molecule has 78 valence electrons. The van der Waals surface area contributed by atoms with Gasteiger partial charge < -0.3 is 10.0 Å². The van der Waals surface area contributed by atoms with Gasteiger partial charge in [-0.05, 0) is 25.7 Å². The summed E-state index contributed by atoms with van der Waals surface area (Å²) in [4.78, 5) is 24.2. The highest BCUT2D eigenvalue weighted by molar-refractivity contribution is 5.79. The molecule has 1 aliphatic heterocycles. The van der Waals surface area contributed by atoms with Gasteiger partial charge >= 0.3 is 5.97 Å². The molecule has 0 aromatic rings. The minimum Gasteiger partial charge on any atom is -0.481 e. The third-order valence-corrected chi connectivity index (χ3v) is 3.02. The Labute approximate surface area is 82.9 Å². The number of carboxylic acid groups (broad SMARTS) is 1. The van der Waals surface area contributed by atoms with E-state index >= 15 is 0 Å². The zero-order chi connectivity index (χ0) is 10.1. The minimum atomic E-state index is -0.759. The molecule has 1 saturated heterocycles. The largest absolute Gasteiger partial charge is 0.481 e. The first-order chi connectivity index (χ1) is 6.68. The number of hydrogen-bond donors (Lipinski definition) is 1. The Morgan fingerprint density at radius 2 is 2.07 bits per heavy atom. The second-order valence-electron chi connectivity index (χ2n) is 4.20. The van der Waals surface area contributed by atoms with E-state index in [1.165, 1.54) is 0 Å². The normalized spacial score (nSPS) is 28.7. The lowest BCUT2D eigenvalue weighted by Gasteiger charge is -2.22. The predicted octanol–water partition coefficient (Wildman–Crippen LogP) is 0.862. The summed E-state index contributed by atoms with van der Waals surface area (Å²) in [6.07, 6.45) is 4.00. The highest BCUT2D eigenvalue weighted by atomic mass is 16.4. The first kappa shape index (κ1) is 9.49. The SMILES string of the molecule is O=C(O)C1CCCC(=O)N(C2CC2)C1. The maximum absolute atomic E-state index is 11.6. The lowest BCUT2D eigenvalue weighted by atomic mass is 10.0. The summed E-state index contributed by atoms with van der Waals surface area (Å²) in [6.45, 7) is 0.429. The Bertz CT molecular complexity index is 260. The molecular formula is C10H15NO3. The van der Waals surface area contributed by atoms with Crippen LogP contribution in [-0.2, 0) is 9.59 Å². The highest BCUT2D eigenvalue weighted by Gasteiger charge is 2.36. The van der Waals surface area contributed by atoms with Crippen LogP contribution >= 0.6 is 0 Å². The van der Waals surface area contributed by atoms with Gasteiger partial charge in [0.05, 0.1) is 5.92 Å². The van der Waals surface area contributed by atoms with Crippen LogP contribution in [0.15, 0.2) is 0 Å². The first-order valence-corrected chi connectivity index (χ1v) is 5.21. The lowest BCUT2D eigenvalue weighted by molar-refractivity contribution is -0.143. The number of nitrogens with zero attached hydrogens (tertiary/aromatic N) is 1. The van der Waals surface area contributed by atoms with Gasteiger partial charge in [0.1, 0.15) is 0 Å². The average molecular weight is 197 g/mol. The summed E-state index contributed by atoms with van der Waals surface area (Å²) >= 11 is 0. The van der Waals surface area contributed by atoms with E-state index in [4.69, 9.17) is 5.11 Å². The zero-order valence-electron chi connectivity index (χ0n) is 8.11. The molecule has 0 aromatic heterocycles. The van der Waals surface area contributed by atoms with Crippen molar-refractivity contribution in [3.05, 3.63) is 0 Å². The van der Waals surface area contributed by atoms with Crippen LogP contribution in [0.3, 0.4) is 0 Å². The number of hydrogen-bond acceptors (Lipinski definition) is 2. The van der Waals surface area contributed by atoms with Crippen molar-refractivity contribution in [2.24, 2.45) is 5.92 Å². The standard InChI is InChI=1S/C10H15NO3/c12-9-3-1-2-7(10(13)14)6-11(9)8-4-5-8/h7-8H,1-6H2,(H,13,14). The fourth-order valence-corrected chi connectivity index (χ4v) is 2.01. The van der Waals surface area contributed by atoms with E-state index in [0.29, 0.717) is 25.4 Å². The van der Waals surface area contributed by atoms with Crippen molar-refractivity contribution in [1.29, 1.82) is 0 Å². The summed E-state index contributed by atoms with van der Waals surface area (Å²) in [5.74, 6) is -0.955. The van der Waals surface area contributed by atoms with Crippen LogP contribution in [0.4, 0.5) is 0 Å². The van der Waals surface area contributed by atoms with E-state index in [1.54, 1.807) is 4.90 Å². The molecule has 2 rings (SSSR count). The second-order valence-corrected chi connectivity index (χ2v) is 4.20. The molecule has 4 heteroatoms. The van der Waals surface area contributed by atoms with Gasteiger partial charge in [-0.2, -0.15) is 0 Å². The molecule has 14 heavy (non-hydrogen) atoms. The van der Waals surface area contributed by atoms with Crippen LogP contribution in [0, 0.1) is 5.92 Å². The van der Waals surface area contributed by atoms with Gasteiger partial charge in [0.15, 0.2) is 0 Å². The molecule has 0 aromatic carbocycles. The summed E-state index contributed by atoms with van der Waals surface area (Å²) in [5.41, 5.74) is 0. The van der Waals surface area contributed by atoms with Crippen molar-refractivity contribution in [3.63, 3.8) is 0 Å². The fourth-order valence-electron chi connectivity index (χ4n) is 2.01. The molecule has 1 amide bonds. The molecule has 0 radical (unpaired) electrons. The number of aliphatic carboxylic acids is 1. The monoisotopic (exact) mass is 197 g/mol. The molecular weight excluding hydrogens is 182 g/mol. The van der Waals surface area contributed by atoms with Crippen LogP contribution in [0.5, 0.6) is 0 Å². The number of carboxylic acids is 1. The highest BCUT2D eigenvalue weighted by Crippen LogP contribution is 2.31. The molecule has 2 aliphatic rings. The Kier molecular flexibility index (Phi) is 2.44. The van der Waals surface area contributed by atoms with Gasteiger partial charge in [-0.1, -0.05) is 0 Å². The van der Waals surface area contributed by atoms with Gasteiger partial charge in [0.25, 0.3) is 0 Å². The van der Waals surface area contributed by atoms with Crippen molar-refractivity contribution in [2.45, 2.75) is 38.1 Å². The van der Waals surface area contributed by atoms with Gasteiger partial charge in [0.2, 0.25) is 5.91 Å². The molecule has 2 fully saturated rings. The van der Waals surface area contributed by atoms with Crippen LogP contribution in [0.2, 0.25) is 0 Å². The topological polar surface area (TPSA) is 57.6 Å². The van der Waals surface area contributed by atoms with Crippen LogP contribution < -0.4 is 0 Å². The Morgan fingerprint density at radius 1 is 1.36 bits per heavy atom. The summed E-state index contributed by atoms with van der Waals surface area (Å²) < 4.78 is 0. The number of carbonyl (C=O) groups excluding carboxylic acids is 1. The van der Waals surface area contributed by atoms with E-state index in [0.717, 1.165) is 19.3 Å². The molecule has 0 bridgehead atoms. The molecule has 1 N–H and O–H groups in total. The quantitative estimate of drug-likeness (QED) is 0.714. The van der Waals surface area contributed by atoms with Crippen LogP contribution in [-0.4, -0.2) is 34.5 Å². The minimum absolute atomic E-state index is 0.149. The smallest absolute Gasteiger partial charge is 0.308 e. The Hall–Kier alpha value is -1.06. The van der Waals surface area contributed by atoms with E-state index < -0.39 is 5.97 Å². The van der Waals surface area contributed by atoms with Crippen molar-refractivity contribution in [2.75, 3.05) is 6.54 Å². The number of carbonyl (C=O) groups is 2. The van der Waals surface area contributed by atoms with Gasteiger partial charge in [0, 0.05) is 19.0 Å². The first-order valence-electron chi connectivity index (χ1n) is 5.21. The lowest BCUT2D eigenvalue weighted by Crippen LogP contribution is -2.37. The van der Waals surface area contributed by atoms with E-state index in [-0.39, 0.29) is 11.8 Å². The molecule has 1 unspecified atom stereocenters.